The summed E-state index contributed by atoms with van der Waals surface area (Å²) in [5.41, 5.74) is 6.50. The van der Waals surface area contributed by atoms with E-state index >= 15 is 0 Å². The number of anilines is 1. The maximum Gasteiger partial charge on any atom is 0.217 e. The smallest absolute Gasteiger partial charge is 0.217 e. The highest BCUT2D eigenvalue weighted by Gasteiger charge is 2.22. The first-order valence-electron chi connectivity index (χ1n) is 9.69. The number of carbonyl (C=O) groups is 1. The average Bonchev–Trinajstić information content (AvgIpc) is 3.01. The zero-order valence-electron chi connectivity index (χ0n) is 16.6. The highest BCUT2D eigenvalue weighted by atomic mass is 32.1. The van der Waals surface area contributed by atoms with Crippen LogP contribution in [0, 0.1) is 4.77 Å². The summed E-state index contributed by atoms with van der Waals surface area (Å²) in [6.45, 7) is 7.53. The van der Waals surface area contributed by atoms with Crippen LogP contribution in [0.1, 0.15) is 19.2 Å². The molecule has 0 unspecified atom stereocenters. The molecule has 0 aliphatic carbocycles. The van der Waals surface area contributed by atoms with E-state index in [9.17, 15) is 4.79 Å². The fourth-order valence-electron chi connectivity index (χ4n) is 3.57. The molecule has 0 spiro atoms. The van der Waals surface area contributed by atoms with Crippen molar-refractivity contribution in [1.29, 1.82) is 0 Å². The van der Waals surface area contributed by atoms with E-state index in [4.69, 9.17) is 22.7 Å². The number of rotatable bonds is 8. The van der Waals surface area contributed by atoms with Crippen molar-refractivity contribution in [2.45, 2.75) is 33.0 Å². The van der Waals surface area contributed by atoms with E-state index in [1.807, 2.05) is 28.3 Å². The van der Waals surface area contributed by atoms with Crippen LogP contribution >= 0.6 is 12.2 Å². The molecule has 0 atom stereocenters. The van der Waals surface area contributed by atoms with E-state index in [2.05, 4.69) is 22.1 Å². The molecule has 1 saturated heterocycles. The molecule has 9 heteroatoms. The number of nitrogens with zero attached hydrogens (tertiary/aromatic N) is 4. The minimum absolute atomic E-state index is 0.291. The second-order valence-electron chi connectivity index (χ2n) is 7.00. The Bertz CT molecular complexity index is 852. The third kappa shape index (κ3) is 4.71. The van der Waals surface area contributed by atoms with Gasteiger partial charge >= 0.3 is 0 Å². The van der Waals surface area contributed by atoms with Gasteiger partial charge in [0.15, 0.2) is 6.67 Å². The molecule has 0 bridgehead atoms. The van der Waals surface area contributed by atoms with E-state index in [1.54, 1.807) is 7.11 Å². The molecule has 3 N–H and O–H groups in total. The molecule has 1 aliphatic rings. The van der Waals surface area contributed by atoms with E-state index < -0.39 is 0 Å². The second-order valence-corrected chi connectivity index (χ2v) is 7.37. The third-order valence-corrected chi connectivity index (χ3v) is 5.62. The minimum Gasteiger partial charge on any atom is -0.497 e. The van der Waals surface area contributed by atoms with Crippen LogP contribution in [-0.4, -0.2) is 53.5 Å². The van der Waals surface area contributed by atoms with Gasteiger partial charge in [-0.25, -0.2) is 0 Å². The molecule has 2 aromatic rings. The highest BCUT2D eigenvalue weighted by Crippen LogP contribution is 2.19. The number of carbonyl (C=O) groups excluding carboxylic acids is 1. The third-order valence-electron chi connectivity index (χ3n) is 5.19. The van der Waals surface area contributed by atoms with Gasteiger partial charge in [-0.05, 0) is 43.4 Å². The van der Waals surface area contributed by atoms with Crippen LogP contribution in [0.5, 0.6) is 5.75 Å². The van der Waals surface area contributed by atoms with Gasteiger partial charge in [0.05, 0.1) is 33.3 Å². The monoisotopic (exact) mass is 405 g/mol. The number of nitrogens with one attached hydrogen (secondary N) is 1. The summed E-state index contributed by atoms with van der Waals surface area (Å²) in [6, 6.07) is 8.21. The number of hydrogen-bond donors (Lipinski definition) is 2. The first-order chi connectivity index (χ1) is 13.5. The molecule has 0 saturated carbocycles. The first kappa shape index (κ1) is 20.3. The number of primary amides is 1. The molecule has 152 valence electrons. The SMILES string of the molecule is CCn1c(CCC(N)=O)nn(C[NH+]2CCN(c3ccc(OC)cc3)CC2)c1=S. The number of quaternary nitrogens is 1. The Hall–Kier alpha value is -2.39. The Morgan fingerprint density at radius 3 is 2.54 bits per heavy atom. The van der Waals surface area contributed by atoms with Crippen molar-refractivity contribution in [3.8, 4) is 5.75 Å². The molecule has 28 heavy (non-hydrogen) atoms. The number of methoxy groups -OCH3 is 1. The summed E-state index contributed by atoms with van der Waals surface area (Å²) in [5.74, 6) is 1.40. The summed E-state index contributed by atoms with van der Waals surface area (Å²) < 4.78 is 9.84. The molecule has 8 nitrogen and oxygen atoms in total. The number of aryl methyl sites for hydroxylation is 1. The minimum atomic E-state index is -0.316. The van der Waals surface area contributed by atoms with Crippen LogP contribution in [0.3, 0.4) is 0 Å². The number of amides is 1. The van der Waals surface area contributed by atoms with Crippen LogP contribution in [0.2, 0.25) is 0 Å². The number of nitrogens with two attached hydrogens (primary N) is 1. The summed E-state index contributed by atoms with van der Waals surface area (Å²) in [6.07, 6.45) is 0.819. The maximum absolute atomic E-state index is 11.1. The summed E-state index contributed by atoms with van der Waals surface area (Å²) in [4.78, 5) is 14.9. The molecule has 2 heterocycles. The Balaban J connectivity index is 1.61. The van der Waals surface area contributed by atoms with Crippen molar-refractivity contribution in [3.05, 3.63) is 34.9 Å². The lowest BCUT2D eigenvalue weighted by Gasteiger charge is -2.33. The number of piperazine rings is 1. The van der Waals surface area contributed by atoms with Crippen molar-refractivity contribution in [2.75, 3.05) is 38.2 Å². The van der Waals surface area contributed by atoms with Gasteiger partial charge in [-0.1, -0.05) is 0 Å². The van der Waals surface area contributed by atoms with Crippen molar-refractivity contribution in [1.82, 2.24) is 14.3 Å². The molecular weight excluding hydrogens is 376 g/mol. The van der Waals surface area contributed by atoms with E-state index in [-0.39, 0.29) is 5.91 Å². The van der Waals surface area contributed by atoms with E-state index in [0.717, 1.165) is 51.0 Å². The van der Waals surface area contributed by atoms with Crippen molar-refractivity contribution >= 4 is 23.8 Å². The van der Waals surface area contributed by atoms with Crippen molar-refractivity contribution < 1.29 is 14.4 Å². The number of aromatic nitrogens is 3. The lowest BCUT2D eigenvalue weighted by Crippen LogP contribution is -3.14. The van der Waals surface area contributed by atoms with E-state index in [0.29, 0.717) is 17.6 Å². The zero-order chi connectivity index (χ0) is 20.1. The lowest BCUT2D eigenvalue weighted by atomic mass is 10.2. The number of hydrogen-bond acceptors (Lipinski definition) is 5. The maximum atomic E-state index is 11.1. The summed E-state index contributed by atoms with van der Waals surface area (Å²) >= 11 is 5.60. The second kappa shape index (κ2) is 9.20. The highest BCUT2D eigenvalue weighted by molar-refractivity contribution is 7.71. The Kier molecular flexibility index (Phi) is 6.69. The Labute approximate surface area is 170 Å². The number of benzene rings is 1. The van der Waals surface area contributed by atoms with Crippen LogP contribution in [-0.2, 0) is 24.4 Å². The van der Waals surface area contributed by atoms with Gasteiger partial charge in [0, 0.05) is 25.1 Å². The van der Waals surface area contributed by atoms with Gasteiger partial charge in [0.2, 0.25) is 10.7 Å². The standard InChI is InChI=1S/C19H28N6O2S/c1-3-24-18(9-8-17(20)26)21-25(19(24)28)14-22-10-12-23(13-11-22)15-4-6-16(27-2)7-5-15/h4-7H,3,8-14H2,1-2H3,(H2,20,26)/p+1. The summed E-state index contributed by atoms with van der Waals surface area (Å²) in [7, 11) is 1.68. The van der Waals surface area contributed by atoms with Crippen LogP contribution in [0.4, 0.5) is 5.69 Å². The Morgan fingerprint density at radius 2 is 1.96 bits per heavy atom. The Morgan fingerprint density at radius 1 is 1.29 bits per heavy atom. The fourth-order valence-corrected chi connectivity index (χ4v) is 3.91. The molecule has 1 aromatic carbocycles. The lowest BCUT2D eigenvalue weighted by molar-refractivity contribution is -0.924. The fraction of sp³-hybridized carbons (Fsp3) is 0.526. The molecular formula is C19H29N6O2S+. The number of ether oxygens (including phenoxy) is 1. The van der Waals surface area contributed by atoms with Crippen LogP contribution in [0.15, 0.2) is 24.3 Å². The zero-order valence-corrected chi connectivity index (χ0v) is 17.4. The molecule has 1 aromatic heterocycles. The molecule has 1 fully saturated rings. The molecule has 1 amide bonds. The topological polar surface area (TPSA) is 82.8 Å². The summed E-state index contributed by atoms with van der Waals surface area (Å²) in [5, 5.41) is 4.66. The van der Waals surface area contributed by atoms with Gasteiger partial charge in [0.1, 0.15) is 11.6 Å². The van der Waals surface area contributed by atoms with Gasteiger partial charge in [-0.2, -0.15) is 9.78 Å². The van der Waals surface area contributed by atoms with Gasteiger partial charge in [-0.15, -0.1) is 0 Å². The quantitative estimate of drug-likeness (QED) is 0.614. The largest absolute Gasteiger partial charge is 0.497 e. The molecule has 3 rings (SSSR count). The van der Waals surface area contributed by atoms with Gasteiger partial charge in [-0.3, -0.25) is 4.79 Å². The van der Waals surface area contributed by atoms with Crippen LogP contribution in [0.25, 0.3) is 0 Å². The average molecular weight is 406 g/mol. The first-order valence-corrected chi connectivity index (χ1v) is 10.1. The predicted octanol–water partition coefficient (Wildman–Crippen LogP) is 0.223. The molecule has 1 aliphatic heterocycles. The van der Waals surface area contributed by atoms with Crippen LogP contribution < -0.4 is 20.3 Å². The normalized spacial score (nSPS) is 15.0. The van der Waals surface area contributed by atoms with Gasteiger partial charge in [0.25, 0.3) is 0 Å². The predicted molar refractivity (Wildman–Crippen MR) is 110 cm³/mol. The molecule has 0 radical (unpaired) electrons. The van der Waals surface area contributed by atoms with Crippen molar-refractivity contribution in [2.24, 2.45) is 5.73 Å². The van der Waals surface area contributed by atoms with Crippen molar-refractivity contribution in [3.63, 3.8) is 0 Å². The van der Waals surface area contributed by atoms with E-state index in [1.165, 1.54) is 10.6 Å². The van der Waals surface area contributed by atoms with Gasteiger partial charge < -0.3 is 24.8 Å².